The Bertz CT molecular complexity index is 1450. The van der Waals surface area contributed by atoms with E-state index in [0.29, 0.717) is 23.2 Å². The standard InChI is InChI=1S/C29H29NO10/c1-2-30-15-20(19-6-9-22(32)24(34)14-19)28(29(38)39)40-27(37)10-7-18-13-26(36)25(35)12-17(18)5-3-16-4-8-21(31)23(33)11-16/h3-14,20,28,30-36H,2,15H2,1H3,(H,38,39)/b5-3+,10-7+/t20-,28+/m0/s1. The number of carboxylic acid groups (broad SMARTS) is 1. The van der Waals surface area contributed by atoms with Gasteiger partial charge in [-0.3, -0.25) is 0 Å². The molecule has 0 amide bonds. The zero-order valence-electron chi connectivity index (χ0n) is 21.4. The van der Waals surface area contributed by atoms with Crippen molar-refractivity contribution in [3.8, 4) is 34.5 Å². The van der Waals surface area contributed by atoms with E-state index >= 15 is 0 Å². The fourth-order valence-corrected chi connectivity index (χ4v) is 3.83. The van der Waals surface area contributed by atoms with Crippen LogP contribution in [-0.4, -0.2) is 66.9 Å². The molecule has 2 atom stereocenters. The molecule has 11 heteroatoms. The van der Waals surface area contributed by atoms with E-state index in [4.69, 9.17) is 4.74 Å². The van der Waals surface area contributed by atoms with Crippen LogP contribution in [0.15, 0.2) is 54.6 Å². The Morgan fingerprint density at radius 3 is 1.93 bits per heavy atom. The van der Waals surface area contributed by atoms with Gasteiger partial charge >= 0.3 is 11.9 Å². The minimum absolute atomic E-state index is 0.0856. The number of phenolic OH excluding ortho intramolecular Hbond substituents is 6. The Labute approximate surface area is 229 Å². The molecule has 8 N–H and O–H groups in total. The highest BCUT2D eigenvalue weighted by molar-refractivity contribution is 5.91. The third kappa shape index (κ3) is 7.45. The van der Waals surface area contributed by atoms with Crippen LogP contribution >= 0.6 is 0 Å². The molecular formula is C29H29NO10. The number of aromatic hydroxyl groups is 6. The number of likely N-dealkylation sites (N-methyl/N-ethyl adjacent to an activating group) is 1. The van der Waals surface area contributed by atoms with Crippen LogP contribution in [0, 0.1) is 0 Å². The molecule has 0 saturated heterocycles. The third-order valence-electron chi connectivity index (χ3n) is 5.93. The summed E-state index contributed by atoms with van der Waals surface area (Å²) in [6.45, 7) is 2.38. The Morgan fingerprint density at radius 2 is 1.35 bits per heavy atom. The van der Waals surface area contributed by atoms with Crippen LogP contribution in [0.2, 0.25) is 0 Å². The van der Waals surface area contributed by atoms with E-state index in [1.807, 2.05) is 0 Å². The smallest absolute Gasteiger partial charge is 0.345 e. The molecule has 0 aliphatic carbocycles. The summed E-state index contributed by atoms with van der Waals surface area (Å²) in [7, 11) is 0. The van der Waals surface area contributed by atoms with Crippen LogP contribution in [0.4, 0.5) is 0 Å². The summed E-state index contributed by atoms with van der Waals surface area (Å²) >= 11 is 0. The highest BCUT2D eigenvalue weighted by Gasteiger charge is 2.33. The lowest BCUT2D eigenvalue weighted by Gasteiger charge is -2.24. The fourth-order valence-electron chi connectivity index (χ4n) is 3.83. The predicted molar refractivity (Wildman–Crippen MR) is 146 cm³/mol. The van der Waals surface area contributed by atoms with Gasteiger partial charge in [0.05, 0.1) is 0 Å². The number of carbonyl (C=O) groups is 2. The van der Waals surface area contributed by atoms with Gasteiger partial charge in [0.25, 0.3) is 0 Å². The molecule has 11 nitrogen and oxygen atoms in total. The Hall–Kier alpha value is -5.16. The average Bonchev–Trinajstić information content (AvgIpc) is 2.91. The Balaban J connectivity index is 1.87. The molecule has 0 unspecified atom stereocenters. The first-order valence-corrected chi connectivity index (χ1v) is 12.1. The number of carboxylic acids is 1. The molecule has 3 rings (SSSR count). The maximum absolute atomic E-state index is 12.7. The molecule has 0 aliphatic heterocycles. The molecule has 0 radical (unpaired) electrons. The van der Waals surface area contributed by atoms with E-state index in [9.17, 15) is 45.3 Å². The third-order valence-corrected chi connectivity index (χ3v) is 5.93. The van der Waals surface area contributed by atoms with E-state index in [2.05, 4.69) is 5.32 Å². The molecule has 0 spiro atoms. The van der Waals surface area contributed by atoms with Crippen molar-refractivity contribution in [2.75, 3.05) is 13.1 Å². The van der Waals surface area contributed by atoms with Gasteiger partial charge in [-0.1, -0.05) is 31.2 Å². The molecular weight excluding hydrogens is 522 g/mol. The van der Waals surface area contributed by atoms with E-state index in [1.54, 1.807) is 13.0 Å². The summed E-state index contributed by atoms with van der Waals surface area (Å²) in [5, 5.41) is 71.4. The average molecular weight is 552 g/mol. The van der Waals surface area contributed by atoms with Crippen molar-refractivity contribution < 1.29 is 50.1 Å². The number of rotatable bonds is 11. The number of hydrogen-bond acceptors (Lipinski definition) is 10. The first-order valence-electron chi connectivity index (χ1n) is 12.1. The quantitative estimate of drug-likeness (QED) is 0.0751. The maximum Gasteiger partial charge on any atom is 0.345 e. The summed E-state index contributed by atoms with van der Waals surface area (Å²) in [6.07, 6.45) is 3.65. The fraction of sp³-hybridized carbons (Fsp3) is 0.172. The summed E-state index contributed by atoms with van der Waals surface area (Å²) in [6, 6.07) is 10.4. The van der Waals surface area contributed by atoms with Crippen molar-refractivity contribution in [2.45, 2.75) is 18.9 Å². The SMILES string of the molecule is CCNC[C@@H](c1ccc(O)c(O)c1)[C@@H](OC(=O)/C=C/c1cc(O)c(O)cc1/C=C/c1ccc(O)c(O)c1)C(=O)O. The van der Waals surface area contributed by atoms with Crippen LogP contribution in [0.25, 0.3) is 18.2 Å². The van der Waals surface area contributed by atoms with Crippen LogP contribution in [0.3, 0.4) is 0 Å². The van der Waals surface area contributed by atoms with E-state index < -0.39 is 41.2 Å². The van der Waals surface area contributed by atoms with Crippen LogP contribution in [-0.2, 0) is 14.3 Å². The lowest BCUT2D eigenvalue weighted by molar-refractivity contribution is -0.162. The van der Waals surface area contributed by atoms with Crippen molar-refractivity contribution in [3.05, 3.63) is 76.9 Å². The Morgan fingerprint density at radius 1 is 0.775 bits per heavy atom. The second kappa shape index (κ2) is 13.1. The van der Waals surface area contributed by atoms with E-state index in [1.165, 1.54) is 60.7 Å². The number of hydrogen-bond donors (Lipinski definition) is 8. The molecule has 40 heavy (non-hydrogen) atoms. The number of phenols is 6. The first kappa shape index (κ1) is 29.4. The molecule has 0 heterocycles. The van der Waals surface area contributed by atoms with Gasteiger partial charge in [0.1, 0.15) is 0 Å². The Kier molecular flexibility index (Phi) is 9.61. The van der Waals surface area contributed by atoms with Gasteiger partial charge in [-0.05, 0) is 71.3 Å². The largest absolute Gasteiger partial charge is 0.504 e. The second-order valence-electron chi connectivity index (χ2n) is 8.74. The second-order valence-corrected chi connectivity index (χ2v) is 8.74. The van der Waals surface area contributed by atoms with Gasteiger partial charge in [0.15, 0.2) is 34.5 Å². The van der Waals surface area contributed by atoms with Crippen molar-refractivity contribution in [2.24, 2.45) is 0 Å². The number of carbonyl (C=O) groups excluding carboxylic acids is 1. The summed E-state index contributed by atoms with van der Waals surface area (Å²) in [4.78, 5) is 24.8. The maximum atomic E-state index is 12.7. The van der Waals surface area contributed by atoms with Gasteiger partial charge in [-0.25, -0.2) is 9.59 Å². The van der Waals surface area contributed by atoms with Crippen molar-refractivity contribution in [1.82, 2.24) is 5.32 Å². The van der Waals surface area contributed by atoms with Gasteiger partial charge in [0, 0.05) is 18.5 Å². The topological polar surface area (TPSA) is 197 Å². The predicted octanol–water partition coefficient (Wildman–Crippen LogP) is 3.49. The monoisotopic (exact) mass is 551 g/mol. The lowest BCUT2D eigenvalue weighted by Crippen LogP contribution is -2.38. The summed E-state index contributed by atoms with van der Waals surface area (Å²) in [5.41, 5.74) is 1.45. The van der Waals surface area contributed by atoms with Gasteiger partial charge in [0.2, 0.25) is 6.10 Å². The molecule has 0 bridgehead atoms. The normalized spacial score (nSPS) is 12.9. The molecule has 0 saturated carbocycles. The van der Waals surface area contributed by atoms with Crippen molar-refractivity contribution >= 4 is 30.2 Å². The number of nitrogens with one attached hydrogen (secondary N) is 1. The number of aliphatic carboxylic acids is 1. The zero-order valence-corrected chi connectivity index (χ0v) is 21.4. The minimum Gasteiger partial charge on any atom is -0.504 e. The molecule has 0 aromatic heterocycles. The van der Waals surface area contributed by atoms with Gasteiger partial charge in [-0.2, -0.15) is 0 Å². The number of benzene rings is 3. The van der Waals surface area contributed by atoms with Crippen molar-refractivity contribution in [1.29, 1.82) is 0 Å². The summed E-state index contributed by atoms with van der Waals surface area (Å²) in [5.74, 6) is -5.72. The highest BCUT2D eigenvalue weighted by atomic mass is 16.6. The summed E-state index contributed by atoms with van der Waals surface area (Å²) < 4.78 is 5.27. The van der Waals surface area contributed by atoms with E-state index in [0.717, 1.165) is 6.08 Å². The van der Waals surface area contributed by atoms with Crippen LogP contribution in [0.1, 0.15) is 35.1 Å². The lowest BCUT2D eigenvalue weighted by atomic mass is 9.92. The molecule has 210 valence electrons. The minimum atomic E-state index is -1.66. The van der Waals surface area contributed by atoms with Crippen LogP contribution < -0.4 is 5.32 Å². The van der Waals surface area contributed by atoms with Crippen LogP contribution in [0.5, 0.6) is 34.5 Å². The number of ether oxygens (including phenoxy) is 1. The molecule has 0 fully saturated rings. The number of esters is 1. The molecule has 3 aromatic carbocycles. The molecule has 3 aromatic rings. The zero-order chi connectivity index (χ0) is 29.4. The van der Waals surface area contributed by atoms with Gasteiger partial charge in [-0.15, -0.1) is 0 Å². The first-order chi connectivity index (χ1) is 19.0. The molecule has 0 aliphatic rings. The van der Waals surface area contributed by atoms with E-state index in [-0.39, 0.29) is 29.4 Å². The highest BCUT2D eigenvalue weighted by Crippen LogP contribution is 2.33. The van der Waals surface area contributed by atoms with Crippen molar-refractivity contribution in [3.63, 3.8) is 0 Å². The van der Waals surface area contributed by atoms with Gasteiger partial charge < -0.3 is 45.8 Å².